The Labute approximate surface area is 182 Å². The van der Waals surface area contributed by atoms with Crippen molar-refractivity contribution in [1.29, 1.82) is 0 Å². The Hall–Kier alpha value is -2.97. The molecule has 9 heteroatoms. The highest BCUT2D eigenvalue weighted by Crippen LogP contribution is 2.41. The number of esters is 1. The van der Waals surface area contributed by atoms with Crippen LogP contribution >= 0.6 is 0 Å². The summed E-state index contributed by atoms with van der Waals surface area (Å²) < 4.78 is 12.8. The molecule has 1 aromatic carbocycles. The first-order chi connectivity index (χ1) is 15.1. The van der Waals surface area contributed by atoms with Gasteiger partial charge in [0.1, 0.15) is 5.75 Å². The van der Waals surface area contributed by atoms with Gasteiger partial charge in [0.05, 0.1) is 19.1 Å². The van der Waals surface area contributed by atoms with Crippen LogP contribution in [0.3, 0.4) is 0 Å². The number of aromatic nitrogens is 4. The maximum atomic E-state index is 13.2. The van der Waals surface area contributed by atoms with Crippen LogP contribution in [-0.2, 0) is 27.5 Å². The second-order valence-corrected chi connectivity index (χ2v) is 7.70. The van der Waals surface area contributed by atoms with Crippen LogP contribution < -0.4 is 4.74 Å². The Morgan fingerprint density at radius 1 is 1.19 bits per heavy atom. The molecule has 0 bridgehead atoms. The van der Waals surface area contributed by atoms with Crippen molar-refractivity contribution in [3.63, 3.8) is 0 Å². The second kappa shape index (κ2) is 10.9. The zero-order chi connectivity index (χ0) is 22.2. The van der Waals surface area contributed by atoms with Crippen molar-refractivity contribution in [2.75, 3.05) is 13.7 Å². The fourth-order valence-corrected chi connectivity index (χ4v) is 4.04. The molecule has 2 atom stereocenters. The van der Waals surface area contributed by atoms with Gasteiger partial charge in [-0.1, -0.05) is 38.5 Å². The smallest absolute Gasteiger partial charge is 0.311 e. The lowest BCUT2D eigenvalue weighted by atomic mass is 9.83. The molecule has 0 aliphatic carbocycles. The van der Waals surface area contributed by atoms with Gasteiger partial charge in [0.15, 0.2) is 12.4 Å². The lowest BCUT2D eigenvalue weighted by Crippen LogP contribution is -2.46. The number of tetrazole rings is 1. The first-order valence-electron chi connectivity index (χ1n) is 10.9. The number of para-hydroxylation sites is 1. The molecule has 0 saturated carbocycles. The third kappa shape index (κ3) is 5.21. The van der Waals surface area contributed by atoms with Crippen molar-refractivity contribution in [3.8, 4) is 5.75 Å². The molecule has 2 aromatic rings. The molecular formula is C22H31N5O4. The van der Waals surface area contributed by atoms with E-state index < -0.39 is 12.0 Å². The average Bonchev–Trinajstić information content (AvgIpc) is 3.23. The third-order valence-corrected chi connectivity index (χ3v) is 5.60. The quantitative estimate of drug-likeness (QED) is 0.535. The predicted octanol–water partition coefficient (Wildman–Crippen LogP) is 2.91. The van der Waals surface area contributed by atoms with Gasteiger partial charge in [-0.05, 0) is 35.8 Å². The number of piperidine rings is 1. The van der Waals surface area contributed by atoms with Crippen molar-refractivity contribution in [1.82, 2.24) is 25.1 Å². The number of hydrogen-bond donors (Lipinski definition) is 0. The zero-order valence-electron chi connectivity index (χ0n) is 18.5. The summed E-state index contributed by atoms with van der Waals surface area (Å²) in [6, 6.07) is 7.13. The monoisotopic (exact) mass is 429 g/mol. The van der Waals surface area contributed by atoms with E-state index in [0.717, 1.165) is 24.8 Å². The van der Waals surface area contributed by atoms with Gasteiger partial charge in [-0.3, -0.25) is 9.59 Å². The van der Waals surface area contributed by atoms with Gasteiger partial charge < -0.3 is 14.4 Å². The largest absolute Gasteiger partial charge is 0.496 e. The molecule has 1 aliphatic heterocycles. The molecule has 1 aromatic heterocycles. The van der Waals surface area contributed by atoms with E-state index in [2.05, 4.69) is 22.4 Å². The van der Waals surface area contributed by atoms with Crippen molar-refractivity contribution in [3.05, 3.63) is 35.7 Å². The lowest BCUT2D eigenvalue weighted by molar-refractivity contribution is -0.158. The minimum Gasteiger partial charge on any atom is -0.496 e. The molecule has 1 fully saturated rings. The Morgan fingerprint density at radius 2 is 2.00 bits per heavy atom. The summed E-state index contributed by atoms with van der Waals surface area (Å²) in [4.78, 5) is 27.8. The minimum absolute atomic E-state index is 0.00385. The maximum absolute atomic E-state index is 13.2. The second-order valence-electron chi connectivity index (χ2n) is 7.70. The van der Waals surface area contributed by atoms with Crippen molar-refractivity contribution in [2.45, 2.75) is 65.1 Å². The van der Waals surface area contributed by atoms with Crippen molar-refractivity contribution >= 4 is 11.9 Å². The van der Waals surface area contributed by atoms with Crippen LogP contribution in [0.2, 0.25) is 0 Å². The van der Waals surface area contributed by atoms with E-state index in [4.69, 9.17) is 9.47 Å². The van der Waals surface area contributed by atoms with Gasteiger partial charge in [-0.25, -0.2) is 4.68 Å². The number of likely N-dealkylation sites (tertiary alicyclic amines) is 1. The highest BCUT2D eigenvalue weighted by Gasteiger charge is 2.42. The van der Waals surface area contributed by atoms with E-state index >= 15 is 0 Å². The van der Waals surface area contributed by atoms with E-state index in [-0.39, 0.29) is 18.5 Å². The third-order valence-electron chi connectivity index (χ3n) is 5.60. The van der Waals surface area contributed by atoms with Crippen LogP contribution in [0, 0.1) is 5.92 Å². The summed E-state index contributed by atoms with van der Waals surface area (Å²) >= 11 is 0. The molecule has 1 aliphatic rings. The fourth-order valence-electron chi connectivity index (χ4n) is 4.04. The van der Waals surface area contributed by atoms with Gasteiger partial charge in [0, 0.05) is 25.1 Å². The minimum atomic E-state index is -0.485. The summed E-state index contributed by atoms with van der Waals surface area (Å²) in [5.41, 5.74) is 0.826. The molecular weight excluding hydrogens is 398 g/mol. The maximum Gasteiger partial charge on any atom is 0.311 e. The van der Waals surface area contributed by atoms with E-state index in [1.807, 2.05) is 36.1 Å². The molecule has 1 saturated heterocycles. The Kier molecular flexibility index (Phi) is 7.97. The zero-order valence-corrected chi connectivity index (χ0v) is 18.5. The van der Waals surface area contributed by atoms with Gasteiger partial charge in [-0.2, -0.15) is 0 Å². The molecule has 0 N–H and O–H groups in total. The van der Waals surface area contributed by atoms with Gasteiger partial charge in [-0.15, -0.1) is 5.10 Å². The molecule has 168 valence electrons. The number of aryl methyl sites for hydroxylation is 1. The highest BCUT2D eigenvalue weighted by molar-refractivity contribution is 5.82. The normalized spacial score (nSPS) is 18.8. The molecule has 2 heterocycles. The first kappa shape index (κ1) is 22.7. The van der Waals surface area contributed by atoms with Crippen LogP contribution in [0.15, 0.2) is 24.3 Å². The van der Waals surface area contributed by atoms with Crippen LogP contribution in [0.25, 0.3) is 0 Å². The van der Waals surface area contributed by atoms with Crippen LogP contribution in [0.1, 0.15) is 63.4 Å². The molecule has 0 spiro atoms. The number of carbonyl (C=O) groups is 2. The fraction of sp³-hybridized carbons (Fsp3) is 0.591. The van der Waals surface area contributed by atoms with E-state index in [1.54, 1.807) is 11.8 Å². The summed E-state index contributed by atoms with van der Waals surface area (Å²) in [6.45, 7) is 5.37. The summed E-state index contributed by atoms with van der Waals surface area (Å²) in [7, 11) is 1.60. The summed E-state index contributed by atoms with van der Waals surface area (Å²) in [5, 5.41) is 11.6. The number of carbonyl (C=O) groups excluding carboxylic acids is 2. The van der Waals surface area contributed by atoms with Crippen LogP contribution in [0.4, 0.5) is 0 Å². The van der Waals surface area contributed by atoms with Gasteiger partial charge >= 0.3 is 5.97 Å². The van der Waals surface area contributed by atoms with Gasteiger partial charge in [0.25, 0.3) is 0 Å². The van der Waals surface area contributed by atoms with E-state index in [1.165, 1.54) is 0 Å². The molecule has 3 rings (SSSR count). The highest BCUT2D eigenvalue weighted by atomic mass is 16.5. The molecule has 31 heavy (non-hydrogen) atoms. The van der Waals surface area contributed by atoms with Gasteiger partial charge in [0.2, 0.25) is 5.91 Å². The number of ether oxygens (including phenoxy) is 2. The number of unbranched alkanes of at least 4 members (excludes halogenated alkanes) is 1. The predicted molar refractivity (Wildman–Crippen MR) is 113 cm³/mol. The molecule has 2 unspecified atom stereocenters. The van der Waals surface area contributed by atoms with E-state index in [0.29, 0.717) is 37.5 Å². The number of rotatable bonds is 10. The van der Waals surface area contributed by atoms with Crippen LogP contribution in [-0.4, -0.2) is 50.6 Å². The first-order valence-corrected chi connectivity index (χ1v) is 10.9. The van der Waals surface area contributed by atoms with Crippen molar-refractivity contribution < 1.29 is 19.1 Å². The van der Waals surface area contributed by atoms with E-state index in [9.17, 15) is 9.59 Å². The van der Waals surface area contributed by atoms with Crippen molar-refractivity contribution in [2.24, 2.45) is 5.92 Å². The number of benzene rings is 1. The number of nitrogens with zero attached hydrogens (tertiary/aromatic N) is 5. The average molecular weight is 430 g/mol. The van der Waals surface area contributed by atoms with Crippen LogP contribution in [0.5, 0.6) is 5.75 Å². The summed E-state index contributed by atoms with van der Waals surface area (Å²) in [6.07, 6.45) is 3.45. The molecule has 0 radical (unpaired) electrons. The number of amides is 1. The SMILES string of the molecule is CCCCN1C(=O)CCC(C(=O)OCc2nnnn2CCC)C1c1ccccc1OC. The lowest BCUT2D eigenvalue weighted by Gasteiger charge is -2.40. The standard InChI is InChI=1S/C22H31N5O4/c1-4-6-14-26-20(28)12-11-17(21(26)16-9-7-8-10-18(16)30-3)22(29)31-15-19-23-24-25-27(19)13-5-2/h7-10,17,21H,4-6,11-15H2,1-3H3. The Balaban J connectivity index is 1.85. The molecule has 1 amide bonds. The Bertz CT molecular complexity index is 884. The summed E-state index contributed by atoms with van der Waals surface area (Å²) in [5.74, 6) is 0.393. The molecule has 9 nitrogen and oxygen atoms in total. The number of hydrogen-bond acceptors (Lipinski definition) is 7. The Morgan fingerprint density at radius 3 is 2.74 bits per heavy atom. The topological polar surface area (TPSA) is 99.4 Å². The number of methoxy groups -OCH3 is 1.